The minimum absolute atomic E-state index is 0.423. The summed E-state index contributed by atoms with van der Waals surface area (Å²) in [6.07, 6.45) is 1.35. The zero-order valence-corrected chi connectivity index (χ0v) is 8.94. The van der Waals surface area contributed by atoms with Crippen molar-refractivity contribution < 1.29 is 9.90 Å². The van der Waals surface area contributed by atoms with Gasteiger partial charge in [0.1, 0.15) is 0 Å². The number of rotatable bonds is 5. The zero-order chi connectivity index (χ0) is 11.3. The van der Waals surface area contributed by atoms with Gasteiger partial charge < -0.3 is 10.8 Å². The van der Waals surface area contributed by atoms with Gasteiger partial charge in [0.15, 0.2) is 0 Å². The molecule has 0 heterocycles. The van der Waals surface area contributed by atoms with Crippen molar-refractivity contribution in [3.05, 3.63) is 35.4 Å². The second kappa shape index (κ2) is 5.51. The maximum absolute atomic E-state index is 11.1. The third-order valence-electron chi connectivity index (χ3n) is 2.44. The van der Waals surface area contributed by atoms with Crippen LogP contribution >= 0.6 is 0 Å². The number of aliphatic carboxylic acids is 1. The molecule has 3 N–H and O–H groups in total. The van der Waals surface area contributed by atoms with Crippen molar-refractivity contribution in [1.29, 1.82) is 0 Å². The van der Waals surface area contributed by atoms with Crippen LogP contribution in [0.3, 0.4) is 0 Å². The predicted molar refractivity (Wildman–Crippen MR) is 59.8 cm³/mol. The lowest BCUT2D eigenvalue weighted by atomic mass is 9.93. The van der Waals surface area contributed by atoms with Gasteiger partial charge in [-0.3, -0.25) is 4.79 Å². The number of carboxylic acids is 1. The average Bonchev–Trinajstić information content (AvgIpc) is 2.18. The lowest BCUT2D eigenvalue weighted by molar-refractivity contribution is -0.139. The molecule has 82 valence electrons. The SMILES string of the molecule is Cc1cccc(C(CCCN)C(=O)O)c1. The van der Waals surface area contributed by atoms with Crippen LogP contribution in [0, 0.1) is 6.92 Å². The van der Waals surface area contributed by atoms with Crippen LogP contribution in [0.25, 0.3) is 0 Å². The molecule has 0 aromatic heterocycles. The van der Waals surface area contributed by atoms with E-state index in [1.54, 1.807) is 0 Å². The normalized spacial score (nSPS) is 12.4. The van der Waals surface area contributed by atoms with Gasteiger partial charge in [-0.05, 0) is 31.9 Å². The van der Waals surface area contributed by atoms with E-state index in [9.17, 15) is 4.79 Å². The van der Waals surface area contributed by atoms with Crippen LogP contribution < -0.4 is 5.73 Å². The van der Waals surface area contributed by atoms with Crippen molar-refractivity contribution >= 4 is 5.97 Å². The van der Waals surface area contributed by atoms with Crippen molar-refractivity contribution in [2.24, 2.45) is 5.73 Å². The molecule has 0 fully saturated rings. The van der Waals surface area contributed by atoms with Crippen molar-refractivity contribution in [2.75, 3.05) is 6.54 Å². The Hall–Kier alpha value is -1.35. The summed E-state index contributed by atoms with van der Waals surface area (Å²) in [5.74, 6) is -1.19. The monoisotopic (exact) mass is 207 g/mol. The summed E-state index contributed by atoms with van der Waals surface area (Å²) in [7, 11) is 0. The third-order valence-corrected chi connectivity index (χ3v) is 2.44. The molecule has 1 aromatic carbocycles. The fourth-order valence-electron chi connectivity index (χ4n) is 1.64. The highest BCUT2D eigenvalue weighted by atomic mass is 16.4. The van der Waals surface area contributed by atoms with E-state index in [4.69, 9.17) is 10.8 Å². The Morgan fingerprint density at radius 2 is 2.27 bits per heavy atom. The van der Waals surface area contributed by atoms with E-state index in [0.29, 0.717) is 13.0 Å². The van der Waals surface area contributed by atoms with Crippen LogP contribution in [-0.2, 0) is 4.79 Å². The molecule has 3 heteroatoms. The standard InChI is InChI=1S/C12H17NO2/c1-9-4-2-5-10(8-9)11(12(14)15)6-3-7-13/h2,4-5,8,11H,3,6-7,13H2,1H3,(H,14,15). The minimum atomic E-state index is -0.769. The zero-order valence-electron chi connectivity index (χ0n) is 8.94. The predicted octanol–water partition coefficient (Wildman–Crippen LogP) is 1.90. The summed E-state index contributed by atoms with van der Waals surface area (Å²) < 4.78 is 0. The molecule has 0 radical (unpaired) electrons. The largest absolute Gasteiger partial charge is 0.481 e. The van der Waals surface area contributed by atoms with Gasteiger partial charge in [0, 0.05) is 0 Å². The maximum Gasteiger partial charge on any atom is 0.310 e. The molecule has 3 nitrogen and oxygen atoms in total. The lowest BCUT2D eigenvalue weighted by Gasteiger charge is -2.12. The highest BCUT2D eigenvalue weighted by molar-refractivity contribution is 5.76. The van der Waals surface area contributed by atoms with Gasteiger partial charge in [-0.1, -0.05) is 29.8 Å². The smallest absolute Gasteiger partial charge is 0.310 e. The summed E-state index contributed by atoms with van der Waals surface area (Å²) in [6.45, 7) is 2.50. The maximum atomic E-state index is 11.1. The fourth-order valence-corrected chi connectivity index (χ4v) is 1.64. The first-order valence-corrected chi connectivity index (χ1v) is 5.14. The average molecular weight is 207 g/mol. The topological polar surface area (TPSA) is 63.3 Å². The van der Waals surface area contributed by atoms with E-state index >= 15 is 0 Å². The van der Waals surface area contributed by atoms with E-state index in [0.717, 1.165) is 17.5 Å². The molecule has 0 spiro atoms. The number of nitrogens with two attached hydrogens (primary N) is 1. The van der Waals surface area contributed by atoms with Crippen LogP contribution in [0.15, 0.2) is 24.3 Å². The van der Waals surface area contributed by atoms with E-state index in [1.165, 1.54) is 0 Å². The van der Waals surface area contributed by atoms with Gasteiger partial charge in [0.25, 0.3) is 0 Å². The van der Waals surface area contributed by atoms with Gasteiger partial charge in [0.2, 0.25) is 0 Å². The molecule has 0 bridgehead atoms. The first-order chi connectivity index (χ1) is 7.15. The third kappa shape index (κ3) is 3.36. The van der Waals surface area contributed by atoms with Gasteiger partial charge in [0.05, 0.1) is 5.92 Å². The molecule has 1 unspecified atom stereocenters. The molecule has 1 rings (SSSR count). The van der Waals surface area contributed by atoms with E-state index in [1.807, 2.05) is 31.2 Å². The molecule has 0 aliphatic carbocycles. The number of aryl methyl sites for hydroxylation is 1. The molecular formula is C12H17NO2. The van der Waals surface area contributed by atoms with Crippen molar-refractivity contribution in [1.82, 2.24) is 0 Å². The summed E-state index contributed by atoms with van der Waals surface area (Å²) in [5.41, 5.74) is 7.35. The van der Waals surface area contributed by atoms with Crippen LogP contribution in [0.4, 0.5) is 0 Å². The Balaban J connectivity index is 2.84. The molecule has 0 aliphatic heterocycles. The number of benzene rings is 1. The second-order valence-electron chi connectivity index (χ2n) is 3.74. The summed E-state index contributed by atoms with van der Waals surface area (Å²) in [5, 5.41) is 9.10. The minimum Gasteiger partial charge on any atom is -0.481 e. The number of carboxylic acid groups (broad SMARTS) is 1. The van der Waals surface area contributed by atoms with E-state index < -0.39 is 11.9 Å². The van der Waals surface area contributed by atoms with Crippen LogP contribution in [-0.4, -0.2) is 17.6 Å². The van der Waals surface area contributed by atoms with Gasteiger partial charge >= 0.3 is 5.97 Å². The van der Waals surface area contributed by atoms with Crippen LogP contribution in [0.2, 0.25) is 0 Å². The Morgan fingerprint density at radius 3 is 2.80 bits per heavy atom. The number of carbonyl (C=O) groups is 1. The molecule has 15 heavy (non-hydrogen) atoms. The highest BCUT2D eigenvalue weighted by Crippen LogP contribution is 2.22. The quantitative estimate of drug-likeness (QED) is 0.775. The van der Waals surface area contributed by atoms with Crippen molar-refractivity contribution in [2.45, 2.75) is 25.7 Å². The summed E-state index contributed by atoms with van der Waals surface area (Å²) in [6, 6.07) is 7.64. The first kappa shape index (κ1) is 11.7. The highest BCUT2D eigenvalue weighted by Gasteiger charge is 2.18. The number of hydrogen-bond donors (Lipinski definition) is 2. The molecule has 0 aliphatic rings. The molecule has 1 aromatic rings. The second-order valence-corrected chi connectivity index (χ2v) is 3.74. The Kier molecular flexibility index (Phi) is 4.31. The van der Waals surface area contributed by atoms with Gasteiger partial charge in [-0.15, -0.1) is 0 Å². The fraction of sp³-hybridized carbons (Fsp3) is 0.417. The van der Waals surface area contributed by atoms with Crippen molar-refractivity contribution in [3.63, 3.8) is 0 Å². The summed E-state index contributed by atoms with van der Waals surface area (Å²) in [4.78, 5) is 11.1. The van der Waals surface area contributed by atoms with Crippen LogP contribution in [0.5, 0.6) is 0 Å². The lowest BCUT2D eigenvalue weighted by Crippen LogP contribution is -2.13. The Bertz CT molecular complexity index is 336. The van der Waals surface area contributed by atoms with Gasteiger partial charge in [-0.25, -0.2) is 0 Å². The first-order valence-electron chi connectivity index (χ1n) is 5.14. The Morgan fingerprint density at radius 1 is 1.53 bits per heavy atom. The van der Waals surface area contributed by atoms with Crippen molar-refractivity contribution in [3.8, 4) is 0 Å². The molecule has 0 saturated carbocycles. The van der Waals surface area contributed by atoms with Crippen LogP contribution in [0.1, 0.15) is 29.9 Å². The van der Waals surface area contributed by atoms with E-state index in [-0.39, 0.29) is 0 Å². The number of hydrogen-bond acceptors (Lipinski definition) is 2. The molecule has 1 atom stereocenters. The summed E-state index contributed by atoms with van der Waals surface area (Å²) >= 11 is 0. The molecule has 0 amide bonds. The Labute approximate surface area is 89.9 Å². The molecular weight excluding hydrogens is 190 g/mol. The van der Waals surface area contributed by atoms with E-state index in [2.05, 4.69) is 0 Å². The van der Waals surface area contributed by atoms with Gasteiger partial charge in [-0.2, -0.15) is 0 Å². The molecule has 0 saturated heterocycles.